The van der Waals surface area contributed by atoms with E-state index in [0.29, 0.717) is 30.1 Å². The lowest BCUT2D eigenvalue weighted by molar-refractivity contribution is -0.121. The molecule has 2 heterocycles. The van der Waals surface area contributed by atoms with Gasteiger partial charge in [0.2, 0.25) is 5.91 Å². The number of hydrogen-bond donors (Lipinski definition) is 2. The molecule has 146 valence electrons. The van der Waals surface area contributed by atoms with E-state index in [1.807, 2.05) is 24.3 Å². The van der Waals surface area contributed by atoms with E-state index in [-0.39, 0.29) is 17.7 Å². The third kappa shape index (κ3) is 4.63. The minimum absolute atomic E-state index is 0.133. The highest BCUT2D eigenvalue weighted by Crippen LogP contribution is 2.27. The third-order valence-corrected chi connectivity index (χ3v) is 5.08. The van der Waals surface area contributed by atoms with Crippen molar-refractivity contribution >= 4 is 39.2 Å². The number of para-hydroxylation sites is 1. The van der Waals surface area contributed by atoms with Crippen LogP contribution in [0.3, 0.4) is 0 Å². The number of aromatic nitrogens is 1. The van der Waals surface area contributed by atoms with Crippen LogP contribution in [0.15, 0.2) is 71.3 Å². The zero-order valence-corrected chi connectivity index (χ0v) is 17.0. The first kappa shape index (κ1) is 19.1. The molecule has 1 atom stereocenters. The number of hydrogen-bond acceptors (Lipinski definition) is 4. The maximum Gasteiger partial charge on any atom is 0.256 e. The molecule has 0 spiro atoms. The number of carbonyl (C=O) groups excluding carboxylic acids is 2. The van der Waals surface area contributed by atoms with E-state index in [2.05, 4.69) is 31.5 Å². The summed E-state index contributed by atoms with van der Waals surface area (Å²) < 4.78 is 6.52. The number of nitrogens with zero attached hydrogens (tertiary/aromatic N) is 1. The second kappa shape index (κ2) is 8.45. The number of nitrogens with one attached hydrogen (secondary N) is 2. The smallest absolute Gasteiger partial charge is 0.256 e. The monoisotopic (exact) mass is 451 g/mol. The number of carbonyl (C=O) groups is 2. The van der Waals surface area contributed by atoms with Crippen LogP contribution in [-0.2, 0) is 11.2 Å². The lowest BCUT2D eigenvalue weighted by Gasteiger charge is -2.24. The van der Waals surface area contributed by atoms with E-state index in [9.17, 15) is 9.59 Å². The third-order valence-electron chi connectivity index (χ3n) is 4.61. The number of halogens is 1. The molecule has 0 saturated carbocycles. The van der Waals surface area contributed by atoms with Crippen LogP contribution in [0.1, 0.15) is 15.9 Å². The van der Waals surface area contributed by atoms with Gasteiger partial charge in [-0.2, -0.15) is 0 Å². The predicted octanol–water partition coefficient (Wildman–Crippen LogP) is 4.29. The molecule has 1 aliphatic rings. The van der Waals surface area contributed by atoms with Gasteiger partial charge in [0.25, 0.3) is 5.91 Å². The Kier molecular flexibility index (Phi) is 5.57. The molecular weight excluding hydrogens is 434 g/mol. The second-order valence-corrected chi connectivity index (χ2v) is 7.62. The lowest BCUT2D eigenvalue weighted by Crippen LogP contribution is -2.32. The number of pyridine rings is 1. The van der Waals surface area contributed by atoms with Gasteiger partial charge in [0, 0.05) is 21.9 Å². The molecule has 1 aliphatic heterocycles. The van der Waals surface area contributed by atoms with Gasteiger partial charge in [-0.1, -0.05) is 24.3 Å². The number of ether oxygens (including phenoxy) is 1. The van der Waals surface area contributed by atoms with E-state index in [1.165, 1.54) is 0 Å². The van der Waals surface area contributed by atoms with E-state index in [1.54, 1.807) is 42.6 Å². The minimum atomic E-state index is -0.300. The zero-order valence-electron chi connectivity index (χ0n) is 15.4. The van der Waals surface area contributed by atoms with Crippen LogP contribution < -0.4 is 15.4 Å². The van der Waals surface area contributed by atoms with Gasteiger partial charge in [-0.05, 0) is 64.3 Å². The maximum atomic E-state index is 12.7. The summed E-state index contributed by atoms with van der Waals surface area (Å²) >= 11 is 3.31. The Bertz CT molecular complexity index is 1050. The van der Waals surface area contributed by atoms with Gasteiger partial charge >= 0.3 is 0 Å². The Hall–Kier alpha value is -3.19. The van der Waals surface area contributed by atoms with Crippen LogP contribution in [0, 0.1) is 5.92 Å². The van der Waals surface area contributed by atoms with Gasteiger partial charge < -0.3 is 15.4 Å². The van der Waals surface area contributed by atoms with Crippen molar-refractivity contribution < 1.29 is 14.3 Å². The number of benzene rings is 2. The summed E-state index contributed by atoms with van der Waals surface area (Å²) in [5, 5.41) is 5.63. The Morgan fingerprint density at radius 3 is 2.72 bits per heavy atom. The molecule has 29 heavy (non-hydrogen) atoms. The molecule has 0 saturated heterocycles. The first-order valence-electron chi connectivity index (χ1n) is 9.13. The molecule has 0 radical (unpaired) electrons. The van der Waals surface area contributed by atoms with Crippen molar-refractivity contribution in [3.05, 3.63) is 82.5 Å². The van der Waals surface area contributed by atoms with Crippen LogP contribution >= 0.6 is 15.9 Å². The molecule has 6 nitrogen and oxygen atoms in total. The fraction of sp³-hybridized carbons (Fsp3) is 0.136. The quantitative estimate of drug-likeness (QED) is 0.619. The standard InChI is InChI=1S/C22H18BrN3O3/c23-17-8-9-20(24-12-17)26-21(27)15-5-3-6-18(11-15)25-22(28)16-10-14-4-1-2-7-19(14)29-13-16/h1-9,11-12,16H,10,13H2,(H,25,28)(H,24,26,27). The molecule has 1 aromatic heterocycles. The molecular formula is C22H18BrN3O3. The van der Waals surface area contributed by atoms with Crippen LogP contribution in [-0.4, -0.2) is 23.4 Å². The van der Waals surface area contributed by atoms with Gasteiger partial charge in [-0.25, -0.2) is 4.98 Å². The largest absolute Gasteiger partial charge is 0.492 e. The molecule has 0 aliphatic carbocycles. The van der Waals surface area contributed by atoms with Crippen molar-refractivity contribution in [1.82, 2.24) is 4.98 Å². The van der Waals surface area contributed by atoms with Crippen molar-refractivity contribution in [2.75, 3.05) is 17.2 Å². The molecule has 1 unspecified atom stereocenters. The average molecular weight is 452 g/mol. The fourth-order valence-electron chi connectivity index (χ4n) is 3.12. The van der Waals surface area contributed by atoms with Crippen LogP contribution in [0.25, 0.3) is 0 Å². The summed E-state index contributed by atoms with van der Waals surface area (Å²) in [5.74, 6) is 0.564. The van der Waals surface area contributed by atoms with Gasteiger partial charge in [0.15, 0.2) is 0 Å². The number of amides is 2. The van der Waals surface area contributed by atoms with E-state index in [0.717, 1.165) is 15.8 Å². The SMILES string of the molecule is O=C(Nc1ccc(Br)cn1)c1cccc(NC(=O)C2COc3ccccc3C2)c1. The molecule has 3 aromatic rings. The van der Waals surface area contributed by atoms with Crippen molar-refractivity contribution in [3.63, 3.8) is 0 Å². The molecule has 7 heteroatoms. The summed E-state index contributed by atoms with van der Waals surface area (Å²) in [4.78, 5) is 29.3. The Morgan fingerprint density at radius 1 is 1.03 bits per heavy atom. The fourth-order valence-corrected chi connectivity index (χ4v) is 3.35. The number of rotatable bonds is 4. The van der Waals surface area contributed by atoms with E-state index < -0.39 is 0 Å². The highest BCUT2D eigenvalue weighted by Gasteiger charge is 2.26. The van der Waals surface area contributed by atoms with Crippen molar-refractivity contribution in [2.24, 2.45) is 5.92 Å². The second-order valence-electron chi connectivity index (χ2n) is 6.71. The van der Waals surface area contributed by atoms with Crippen LogP contribution in [0.2, 0.25) is 0 Å². The first-order chi connectivity index (χ1) is 14.1. The minimum Gasteiger partial charge on any atom is -0.492 e. The van der Waals surface area contributed by atoms with Crippen LogP contribution in [0.5, 0.6) is 5.75 Å². The maximum absolute atomic E-state index is 12.7. The molecule has 0 fully saturated rings. The molecule has 2 aromatic carbocycles. The summed E-state index contributed by atoms with van der Waals surface area (Å²) in [6, 6.07) is 18.0. The summed E-state index contributed by atoms with van der Waals surface area (Å²) in [6.45, 7) is 0.332. The normalized spacial score (nSPS) is 15.0. The highest BCUT2D eigenvalue weighted by atomic mass is 79.9. The highest BCUT2D eigenvalue weighted by molar-refractivity contribution is 9.10. The Labute approximate surface area is 176 Å². The lowest BCUT2D eigenvalue weighted by atomic mass is 9.96. The van der Waals surface area contributed by atoms with Crippen molar-refractivity contribution in [3.8, 4) is 5.75 Å². The van der Waals surface area contributed by atoms with Gasteiger partial charge in [0.1, 0.15) is 18.2 Å². The van der Waals surface area contributed by atoms with Gasteiger partial charge in [0.05, 0.1) is 5.92 Å². The summed E-state index contributed by atoms with van der Waals surface area (Å²) in [7, 11) is 0. The molecule has 0 bridgehead atoms. The Balaban J connectivity index is 1.41. The molecule has 4 rings (SSSR count). The summed E-state index contributed by atoms with van der Waals surface area (Å²) in [5.41, 5.74) is 2.01. The first-order valence-corrected chi connectivity index (χ1v) is 9.92. The average Bonchev–Trinajstić information content (AvgIpc) is 2.75. The molecule has 2 N–H and O–H groups in total. The van der Waals surface area contributed by atoms with Gasteiger partial charge in [-0.3, -0.25) is 9.59 Å². The topological polar surface area (TPSA) is 80.3 Å². The van der Waals surface area contributed by atoms with E-state index >= 15 is 0 Å². The summed E-state index contributed by atoms with van der Waals surface area (Å²) in [6.07, 6.45) is 2.23. The zero-order chi connectivity index (χ0) is 20.2. The van der Waals surface area contributed by atoms with Crippen LogP contribution in [0.4, 0.5) is 11.5 Å². The molecule has 2 amide bonds. The van der Waals surface area contributed by atoms with Crippen molar-refractivity contribution in [1.29, 1.82) is 0 Å². The predicted molar refractivity (Wildman–Crippen MR) is 114 cm³/mol. The number of anilines is 2. The van der Waals surface area contributed by atoms with E-state index in [4.69, 9.17) is 4.74 Å². The van der Waals surface area contributed by atoms with Crippen molar-refractivity contribution in [2.45, 2.75) is 6.42 Å². The number of fused-ring (bicyclic) bond motifs is 1. The Morgan fingerprint density at radius 2 is 1.90 bits per heavy atom. The van der Waals surface area contributed by atoms with Gasteiger partial charge in [-0.15, -0.1) is 0 Å².